The number of hydrogen-bond acceptors (Lipinski definition) is 5. The van der Waals surface area contributed by atoms with E-state index in [0.717, 1.165) is 19.3 Å². The summed E-state index contributed by atoms with van der Waals surface area (Å²) >= 11 is 0. The first-order valence-electron chi connectivity index (χ1n) is 6.16. The van der Waals surface area contributed by atoms with Gasteiger partial charge in [-0.05, 0) is 18.9 Å². The van der Waals surface area contributed by atoms with Crippen LogP contribution in [0.1, 0.15) is 32.6 Å². The fourth-order valence-corrected chi connectivity index (χ4v) is 2.60. The van der Waals surface area contributed by atoms with E-state index in [1.165, 1.54) is 5.01 Å². The van der Waals surface area contributed by atoms with Crippen LogP contribution in [0.15, 0.2) is 17.3 Å². The van der Waals surface area contributed by atoms with Crippen molar-refractivity contribution in [1.82, 2.24) is 5.01 Å². The molecule has 1 rings (SSSR count). The van der Waals surface area contributed by atoms with Crippen LogP contribution in [-0.4, -0.2) is 37.7 Å². The van der Waals surface area contributed by atoms with Gasteiger partial charge in [-0.25, -0.2) is 8.42 Å². The minimum atomic E-state index is -3.71. The van der Waals surface area contributed by atoms with Crippen molar-refractivity contribution in [2.75, 3.05) is 19.0 Å². The van der Waals surface area contributed by atoms with Crippen LogP contribution in [0, 0.1) is 0 Å². The van der Waals surface area contributed by atoms with E-state index in [1.54, 1.807) is 0 Å². The molecule has 0 saturated heterocycles. The number of unbranched alkanes of at least 4 members (excludes halogenated alkanes) is 2. The summed E-state index contributed by atoms with van der Waals surface area (Å²) in [6.45, 7) is 2.80. The van der Waals surface area contributed by atoms with Gasteiger partial charge in [-0.3, -0.25) is 5.01 Å². The molecule has 1 heterocycles. The second-order valence-corrected chi connectivity index (χ2v) is 6.16. The smallest absolute Gasteiger partial charge is 0.328 e. The average Bonchev–Trinajstić information content (AvgIpc) is 2.78. The predicted molar refractivity (Wildman–Crippen MR) is 68.3 cm³/mol. The first-order valence-corrected chi connectivity index (χ1v) is 7.81. The van der Waals surface area contributed by atoms with Crippen LogP contribution in [0.5, 0.6) is 0 Å². The highest BCUT2D eigenvalue weighted by Crippen LogP contribution is 2.12. The molecule has 8 heteroatoms. The quantitative estimate of drug-likeness (QED) is 0.677. The third-order valence-corrected chi connectivity index (χ3v) is 4.04. The van der Waals surface area contributed by atoms with E-state index < -0.39 is 21.7 Å². The summed E-state index contributed by atoms with van der Waals surface area (Å²) in [6.07, 6.45) is 1.45. The monoisotopic (exact) mass is 296 g/mol. The number of allylic oxidation sites excluding steroid dienone is 1. The van der Waals surface area contributed by atoms with Gasteiger partial charge in [0.25, 0.3) is 6.08 Å². The zero-order valence-corrected chi connectivity index (χ0v) is 11.6. The lowest BCUT2D eigenvalue weighted by molar-refractivity contribution is 0.168. The van der Waals surface area contributed by atoms with Crippen molar-refractivity contribution in [2.45, 2.75) is 32.6 Å². The molecule has 0 spiro atoms. The van der Waals surface area contributed by atoms with Crippen LogP contribution in [0.3, 0.4) is 0 Å². The number of hydrazone groups is 1. The second-order valence-electron chi connectivity index (χ2n) is 4.18. The largest absolute Gasteiger partial charge is 0.445 e. The molecule has 0 N–H and O–H groups in total. The number of halogens is 2. The van der Waals surface area contributed by atoms with Gasteiger partial charge in [0.15, 0.2) is 6.73 Å². The second kappa shape index (κ2) is 7.42. The average molecular weight is 296 g/mol. The third kappa shape index (κ3) is 5.54. The number of sulfone groups is 1. The maximum absolute atomic E-state index is 11.8. The molecule has 1 aliphatic rings. The topological polar surface area (TPSA) is 59.0 Å². The molecule has 0 fully saturated rings. The van der Waals surface area contributed by atoms with E-state index in [1.807, 2.05) is 0 Å². The Balaban J connectivity index is 2.50. The first-order chi connectivity index (χ1) is 8.95. The van der Waals surface area contributed by atoms with Crippen molar-refractivity contribution in [3.63, 3.8) is 0 Å². The molecule has 0 aromatic carbocycles. The molecule has 0 radical (unpaired) electrons. The Kier molecular flexibility index (Phi) is 6.20. The molecule has 0 unspecified atom stereocenters. The van der Waals surface area contributed by atoms with Crippen molar-refractivity contribution >= 4 is 15.1 Å². The molecule has 5 nitrogen and oxygen atoms in total. The van der Waals surface area contributed by atoms with Crippen LogP contribution in [0.4, 0.5) is 8.78 Å². The van der Waals surface area contributed by atoms with Crippen LogP contribution in [0.25, 0.3) is 0 Å². The standard InChI is InChI=1S/C11H18F2N2O3S/c1-2-3-4-7-15-9-18-11(14-15)19(16,17)8-5-6-10(12)13/h6H,2-5,7-9H2,1H3. The third-order valence-electron chi connectivity index (χ3n) is 2.53. The zero-order chi connectivity index (χ0) is 14.3. The van der Waals surface area contributed by atoms with E-state index >= 15 is 0 Å². The minimum Gasteiger partial charge on any atom is -0.445 e. The van der Waals surface area contributed by atoms with Gasteiger partial charge in [-0.2, -0.15) is 8.78 Å². The molecule has 0 aromatic heterocycles. The Morgan fingerprint density at radius 1 is 1.47 bits per heavy atom. The lowest BCUT2D eigenvalue weighted by atomic mass is 10.2. The Hall–Kier alpha value is -1.18. The van der Waals surface area contributed by atoms with Crippen LogP contribution < -0.4 is 0 Å². The fourth-order valence-electron chi connectivity index (χ4n) is 1.52. The summed E-state index contributed by atoms with van der Waals surface area (Å²) < 4.78 is 52.1. The zero-order valence-electron chi connectivity index (χ0n) is 10.8. The van der Waals surface area contributed by atoms with Gasteiger partial charge in [0.05, 0.1) is 5.75 Å². The lowest BCUT2D eigenvalue weighted by Gasteiger charge is -2.09. The van der Waals surface area contributed by atoms with Crippen molar-refractivity contribution < 1.29 is 21.9 Å². The van der Waals surface area contributed by atoms with Gasteiger partial charge in [-0.15, -0.1) is 5.10 Å². The summed E-state index contributed by atoms with van der Waals surface area (Å²) in [4.78, 5) is 0. The highest BCUT2D eigenvalue weighted by molar-refractivity contribution is 8.06. The molecule has 0 amide bonds. The molecular weight excluding hydrogens is 278 g/mol. The van der Waals surface area contributed by atoms with Gasteiger partial charge in [0.1, 0.15) is 0 Å². The molecule has 0 atom stereocenters. The number of rotatable bonds is 7. The number of ether oxygens (including phenoxy) is 1. The minimum absolute atomic E-state index is 0.103. The first kappa shape index (κ1) is 15.9. The summed E-state index contributed by atoms with van der Waals surface area (Å²) in [5, 5.41) is 5.03. The van der Waals surface area contributed by atoms with E-state index in [9.17, 15) is 17.2 Å². The van der Waals surface area contributed by atoms with E-state index in [4.69, 9.17) is 4.74 Å². The predicted octanol–water partition coefficient (Wildman–Crippen LogP) is 2.32. The van der Waals surface area contributed by atoms with Crippen molar-refractivity contribution in [3.8, 4) is 0 Å². The van der Waals surface area contributed by atoms with Crippen LogP contribution in [-0.2, 0) is 14.6 Å². The Bertz CT molecular complexity index is 445. The fraction of sp³-hybridized carbons (Fsp3) is 0.727. The van der Waals surface area contributed by atoms with Gasteiger partial charge in [0.2, 0.25) is 9.84 Å². The van der Waals surface area contributed by atoms with Crippen LogP contribution >= 0.6 is 0 Å². The SMILES string of the molecule is CCCCCN1COC(S(=O)(=O)CCC=C(F)F)=N1. The van der Waals surface area contributed by atoms with Crippen LogP contribution in [0.2, 0.25) is 0 Å². The highest BCUT2D eigenvalue weighted by Gasteiger charge is 2.27. The van der Waals surface area contributed by atoms with E-state index in [0.29, 0.717) is 12.6 Å². The lowest BCUT2D eigenvalue weighted by Crippen LogP contribution is -2.18. The molecule has 0 aliphatic carbocycles. The molecule has 0 saturated carbocycles. The summed E-state index contributed by atoms with van der Waals surface area (Å²) in [7, 11) is -3.71. The van der Waals surface area contributed by atoms with E-state index in [-0.39, 0.29) is 18.4 Å². The molecule has 1 aliphatic heterocycles. The Morgan fingerprint density at radius 3 is 2.84 bits per heavy atom. The summed E-state index contributed by atoms with van der Waals surface area (Å²) in [5.41, 5.74) is 0. The maximum Gasteiger partial charge on any atom is 0.328 e. The van der Waals surface area contributed by atoms with Gasteiger partial charge in [0, 0.05) is 6.54 Å². The summed E-state index contributed by atoms with van der Waals surface area (Å²) in [5.74, 6) is -0.425. The van der Waals surface area contributed by atoms with Gasteiger partial charge >= 0.3 is 5.23 Å². The number of nitrogens with zero attached hydrogens (tertiary/aromatic N) is 2. The maximum atomic E-state index is 11.8. The molecule has 0 aromatic rings. The Morgan fingerprint density at radius 2 is 2.21 bits per heavy atom. The van der Waals surface area contributed by atoms with Gasteiger partial charge in [-0.1, -0.05) is 19.8 Å². The molecule has 0 bridgehead atoms. The van der Waals surface area contributed by atoms with Crippen molar-refractivity contribution in [3.05, 3.63) is 12.2 Å². The molecule has 110 valence electrons. The van der Waals surface area contributed by atoms with Gasteiger partial charge < -0.3 is 4.74 Å². The normalized spacial score (nSPS) is 15.1. The van der Waals surface area contributed by atoms with E-state index in [2.05, 4.69) is 12.0 Å². The Labute approximate surface area is 111 Å². The molecular formula is C11H18F2N2O3S. The highest BCUT2D eigenvalue weighted by atomic mass is 32.2. The van der Waals surface area contributed by atoms with Crippen molar-refractivity contribution in [1.29, 1.82) is 0 Å². The number of hydrogen-bond donors (Lipinski definition) is 0. The molecule has 19 heavy (non-hydrogen) atoms. The van der Waals surface area contributed by atoms with Crippen molar-refractivity contribution in [2.24, 2.45) is 5.10 Å². The summed E-state index contributed by atoms with van der Waals surface area (Å²) in [6, 6.07) is 0.